The van der Waals surface area contributed by atoms with E-state index in [-0.39, 0.29) is 24.4 Å². The first kappa shape index (κ1) is 16.5. The van der Waals surface area contributed by atoms with Gasteiger partial charge in [-0.1, -0.05) is 17.7 Å². The van der Waals surface area contributed by atoms with Gasteiger partial charge in [0.15, 0.2) is 0 Å². The summed E-state index contributed by atoms with van der Waals surface area (Å²) < 4.78 is 10.3. The van der Waals surface area contributed by atoms with Crippen molar-refractivity contribution in [1.82, 2.24) is 4.90 Å². The molecular weight excluding hydrogens is 282 g/mol. The minimum absolute atomic E-state index is 0.0615. The molecular formula is C17H23NO4. The van der Waals surface area contributed by atoms with Crippen LogP contribution in [-0.2, 0) is 14.3 Å². The van der Waals surface area contributed by atoms with E-state index in [0.717, 1.165) is 25.0 Å². The molecule has 5 nitrogen and oxygen atoms in total. The number of amides is 1. The predicted molar refractivity (Wildman–Crippen MR) is 82.7 cm³/mol. The van der Waals surface area contributed by atoms with Crippen LogP contribution in [-0.4, -0.2) is 49.7 Å². The van der Waals surface area contributed by atoms with Gasteiger partial charge in [-0.05, 0) is 31.9 Å². The summed E-state index contributed by atoms with van der Waals surface area (Å²) in [5.74, 6) is -0.377. The van der Waals surface area contributed by atoms with Crippen LogP contribution in [0.1, 0.15) is 35.2 Å². The summed E-state index contributed by atoms with van der Waals surface area (Å²) in [7, 11) is 1.36. The fraction of sp³-hybridized carbons (Fsp3) is 0.529. The summed E-state index contributed by atoms with van der Waals surface area (Å²) in [5.41, 5.74) is 1.68. The number of esters is 1. The number of hydrogen-bond acceptors (Lipinski definition) is 4. The quantitative estimate of drug-likeness (QED) is 0.756. The third-order valence-corrected chi connectivity index (χ3v) is 3.81. The largest absolute Gasteiger partial charge is 0.469 e. The molecule has 1 atom stereocenters. The Morgan fingerprint density at radius 1 is 1.41 bits per heavy atom. The molecule has 5 heteroatoms. The second kappa shape index (κ2) is 7.94. The van der Waals surface area contributed by atoms with Crippen LogP contribution in [0.15, 0.2) is 24.3 Å². The van der Waals surface area contributed by atoms with E-state index in [4.69, 9.17) is 4.74 Å². The van der Waals surface area contributed by atoms with E-state index < -0.39 is 0 Å². The van der Waals surface area contributed by atoms with Crippen molar-refractivity contribution in [2.75, 3.05) is 26.8 Å². The van der Waals surface area contributed by atoms with Crippen LogP contribution >= 0.6 is 0 Å². The number of carbonyl (C=O) groups excluding carboxylic acids is 2. The Balaban J connectivity index is 2.07. The molecule has 0 radical (unpaired) electrons. The van der Waals surface area contributed by atoms with Gasteiger partial charge in [0.2, 0.25) is 0 Å². The summed E-state index contributed by atoms with van der Waals surface area (Å²) >= 11 is 0. The number of hydrogen-bond donors (Lipinski definition) is 0. The Labute approximate surface area is 131 Å². The number of ether oxygens (including phenoxy) is 2. The van der Waals surface area contributed by atoms with E-state index in [1.807, 2.05) is 25.1 Å². The number of nitrogens with zero attached hydrogens (tertiary/aromatic N) is 1. The van der Waals surface area contributed by atoms with Crippen LogP contribution in [0.3, 0.4) is 0 Å². The molecule has 1 heterocycles. The van der Waals surface area contributed by atoms with E-state index >= 15 is 0 Å². The fourth-order valence-corrected chi connectivity index (χ4v) is 2.60. The Morgan fingerprint density at radius 3 is 2.86 bits per heavy atom. The lowest BCUT2D eigenvalue weighted by Crippen LogP contribution is -2.38. The van der Waals surface area contributed by atoms with E-state index in [1.165, 1.54) is 7.11 Å². The van der Waals surface area contributed by atoms with Gasteiger partial charge in [0.25, 0.3) is 5.91 Å². The molecule has 1 aliphatic heterocycles. The molecule has 1 amide bonds. The number of methoxy groups -OCH3 is 1. The normalized spacial score (nSPS) is 17.3. The zero-order chi connectivity index (χ0) is 15.9. The Hall–Kier alpha value is -1.88. The van der Waals surface area contributed by atoms with Crippen LogP contribution in [0.2, 0.25) is 0 Å². The highest BCUT2D eigenvalue weighted by atomic mass is 16.5. The Bertz CT molecular complexity index is 523. The number of aryl methyl sites for hydroxylation is 1. The smallest absolute Gasteiger partial charge is 0.307 e. The Morgan fingerprint density at radius 2 is 2.23 bits per heavy atom. The van der Waals surface area contributed by atoms with Crippen LogP contribution in [0.5, 0.6) is 0 Å². The highest BCUT2D eigenvalue weighted by molar-refractivity contribution is 5.94. The summed E-state index contributed by atoms with van der Waals surface area (Å²) in [6, 6.07) is 7.49. The summed E-state index contributed by atoms with van der Waals surface area (Å²) in [5, 5.41) is 0. The van der Waals surface area contributed by atoms with Gasteiger partial charge in [-0.3, -0.25) is 9.59 Å². The van der Waals surface area contributed by atoms with Gasteiger partial charge >= 0.3 is 5.97 Å². The third kappa shape index (κ3) is 4.56. The van der Waals surface area contributed by atoms with Crippen molar-refractivity contribution in [2.24, 2.45) is 0 Å². The minimum Gasteiger partial charge on any atom is -0.469 e. The summed E-state index contributed by atoms with van der Waals surface area (Å²) in [4.78, 5) is 25.8. The molecule has 1 fully saturated rings. The highest BCUT2D eigenvalue weighted by Crippen LogP contribution is 2.16. The lowest BCUT2D eigenvalue weighted by atomic mass is 10.1. The Kier molecular flexibility index (Phi) is 5.95. The molecule has 0 bridgehead atoms. The molecule has 22 heavy (non-hydrogen) atoms. The molecule has 1 saturated heterocycles. The van der Waals surface area contributed by atoms with Gasteiger partial charge in [0.1, 0.15) is 0 Å². The summed E-state index contributed by atoms with van der Waals surface area (Å²) in [6.07, 6.45) is 2.23. The van der Waals surface area contributed by atoms with Crippen molar-refractivity contribution in [3.05, 3.63) is 35.4 Å². The van der Waals surface area contributed by atoms with Gasteiger partial charge in [0, 0.05) is 25.3 Å². The SMILES string of the molecule is COC(=O)CCN(CC1CCCO1)C(=O)c1cccc(C)c1. The van der Waals surface area contributed by atoms with Crippen LogP contribution in [0.4, 0.5) is 0 Å². The topological polar surface area (TPSA) is 55.8 Å². The minimum atomic E-state index is -0.311. The van der Waals surface area contributed by atoms with Gasteiger partial charge in [0.05, 0.1) is 19.6 Å². The molecule has 0 aromatic heterocycles. The standard InChI is InChI=1S/C17H23NO4/c1-13-5-3-6-14(11-13)17(20)18(9-8-16(19)21-2)12-15-7-4-10-22-15/h3,5-6,11,15H,4,7-10,12H2,1-2H3. The van der Waals surface area contributed by atoms with Crippen molar-refractivity contribution < 1.29 is 19.1 Å². The fourth-order valence-electron chi connectivity index (χ4n) is 2.60. The number of carbonyl (C=O) groups is 2. The maximum Gasteiger partial charge on any atom is 0.307 e. The monoisotopic (exact) mass is 305 g/mol. The maximum absolute atomic E-state index is 12.7. The first-order chi connectivity index (χ1) is 10.6. The van der Waals surface area contributed by atoms with Crippen molar-refractivity contribution in [1.29, 1.82) is 0 Å². The molecule has 0 spiro atoms. The first-order valence-electron chi connectivity index (χ1n) is 7.64. The van der Waals surface area contributed by atoms with Gasteiger partial charge in [-0.25, -0.2) is 0 Å². The number of rotatable bonds is 6. The van der Waals surface area contributed by atoms with Gasteiger partial charge in [-0.2, -0.15) is 0 Å². The second-order valence-corrected chi connectivity index (χ2v) is 5.58. The van der Waals surface area contributed by atoms with E-state index in [1.54, 1.807) is 11.0 Å². The molecule has 1 aromatic rings. The van der Waals surface area contributed by atoms with Gasteiger partial charge in [-0.15, -0.1) is 0 Å². The zero-order valence-corrected chi connectivity index (χ0v) is 13.2. The summed E-state index contributed by atoms with van der Waals surface area (Å²) in [6.45, 7) is 3.56. The van der Waals surface area contributed by atoms with Crippen LogP contribution in [0, 0.1) is 6.92 Å². The average molecular weight is 305 g/mol. The molecule has 0 saturated carbocycles. The lowest BCUT2D eigenvalue weighted by Gasteiger charge is -2.25. The molecule has 120 valence electrons. The van der Waals surface area contributed by atoms with E-state index in [2.05, 4.69) is 4.74 Å². The molecule has 1 unspecified atom stereocenters. The van der Waals surface area contributed by atoms with Crippen molar-refractivity contribution in [2.45, 2.75) is 32.3 Å². The third-order valence-electron chi connectivity index (χ3n) is 3.81. The molecule has 2 rings (SSSR count). The van der Waals surface area contributed by atoms with Crippen LogP contribution in [0.25, 0.3) is 0 Å². The first-order valence-corrected chi connectivity index (χ1v) is 7.64. The highest BCUT2D eigenvalue weighted by Gasteiger charge is 2.24. The molecule has 1 aliphatic rings. The van der Waals surface area contributed by atoms with Crippen LogP contribution < -0.4 is 0 Å². The number of benzene rings is 1. The van der Waals surface area contributed by atoms with Gasteiger partial charge < -0.3 is 14.4 Å². The van der Waals surface area contributed by atoms with Crippen molar-refractivity contribution in [3.8, 4) is 0 Å². The average Bonchev–Trinajstić information content (AvgIpc) is 3.03. The lowest BCUT2D eigenvalue weighted by molar-refractivity contribution is -0.140. The van der Waals surface area contributed by atoms with E-state index in [9.17, 15) is 9.59 Å². The molecule has 0 N–H and O–H groups in total. The molecule has 1 aromatic carbocycles. The van der Waals surface area contributed by atoms with Crippen molar-refractivity contribution >= 4 is 11.9 Å². The van der Waals surface area contributed by atoms with Crippen molar-refractivity contribution in [3.63, 3.8) is 0 Å². The zero-order valence-electron chi connectivity index (χ0n) is 13.2. The van der Waals surface area contributed by atoms with E-state index in [0.29, 0.717) is 18.7 Å². The maximum atomic E-state index is 12.7. The molecule has 0 aliphatic carbocycles. The second-order valence-electron chi connectivity index (χ2n) is 5.58. The predicted octanol–water partition coefficient (Wildman–Crippen LogP) is 2.18.